The molecule has 1 amide bonds. The summed E-state index contributed by atoms with van der Waals surface area (Å²) in [7, 11) is 0. The van der Waals surface area contributed by atoms with Crippen LogP contribution in [0.1, 0.15) is 15.9 Å². The number of hydrogen-bond acceptors (Lipinski definition) is 4. The molecule has 0 aliphatic heterocycles. The molecule has 6 nitrogen and oxygen atoms in total. The van der Waals surface area contributed by atoms with Gasteiger partial charge in [-0.25, -0.2) is 5.43 Å². The number of carbonyl (C=O) groups excluding carboxylic acids is 1. The number of nitro benzene ring substituents is 1. The lowest BCUT2D eigenvalue weighted by atomic mass is 10.2. The number of hydrogen-bond donors (Lipinski definition) is 1. The Kier molecular flexibility index (Phi) is 5.15. The first-order chi connectivity index (χ1) is 10.7. The molecule has 0 heterocycles. The Labute approximate surface area is 126 Å². The molecule has 0 radical (unpaired) electrons. The monoisotopic (exact) mass is 295 g/mol. The molecule has 0 saturated carbocycles. The van der Waals surface area contributed by atoms with Gasteiger partial charge in [-0.15, -0.1) is 0 Å². The standard InChI is InChI=1S/C16H13N3O3/c20-16(14-6-2-1-3-7-14)18-17-12-4-5-13-8-10-15(11-9-13)19(21)22/h1-12H,(H,18,20)/b5-4+,17-12+. The Morgan fingerprint density at radius 3 is 2.41 bits per heavy atom. The van der Waals surface area contributed by atoms with Gasteiger partial charge in [0.15, 0.2) is 0 Å². The first-order valence-electron chi connectivity index (χ1n) is 6.46. The zero-order chi connectivity index (χ0) is 15.8. The fraction of sp³-hybridized carbons (Fsp3) is 0. The quantitative estimate of drug-likeness (QED) is 0.522. The molecule has 0 atom stereocenters. The van der Waals surface area contributed by atoms with E-state index >= 15 is 0 Å². The van der Waals surface area contributed by atoms with Crippen LogP contribution in [-0.4, -0.2) is 17.0 Å². The SMILES string of the molecule is O=C(N/N=C/C=C/c1ccc([N+](=O)[O-])cc1)c1ccccc1. The fourth-order valence-corrected chi connectivity index (χ4v) is 1.65. The average Bonchev–Trinajstić information content (AvgIpc) is 2.55. The molecule has 0 aliphatic carbocycles. The highest BCUT2D eigenvalue weighted by molar-refractivity contribution is 5.94. The van der Waals surface area contributed by atoms with Gasteiger partial charge in [0.1, 0.15) is 0 Å². The topological polar surface area (TPSA) is 84.6 Å². The number of non-ortho nitro benzene ring substituents is 1. The van der Waals surface area contributed by atoms with Crippen LogP contribution in [0.4, 0.5) is 5.69 Å². The predicted molar refractivity (Wildman–Crippen MR) is 84.5 cm³/mol. The fourth-order valence-electron chi connectivity index (χ4n) is 1.65. The first kappa shape index (κ1) is 15.1. The first-order valence-corrected chi connectivity index (χ1v) is 6.46. The summed E-state index contributed by atoms with van der Waals surface area (Å²) < 4.78 is 0. The smallest absolute Gasteiger partial charge is 0.267 e. The van der Waals surface area contributed by atoms with E-state index in [2.05, 4.69) is 10.5 Å². The molecule has 0 saturated heterocycles. The van der Waals surface area contributed by atoms with Crippen molar-refractivity contribution in [3.05, 3.63) is 81.9 Å². The lowest BCUT2D eigenvalue weighted by Crippen LogP contribution is -2.16. The molecule has 0 aromatic heterocycles. The largest absolute Gasteiger partial charge is 0.271 e. The summed E-state index contributed by atoms with van der Waals surface area (Å²) in [6, 6.07) is 14.9. The molecule has 1 N–H and O–H groups in total. The number of nitro groups is 1. The van der Waals surface area contributed by atoms with E-state index in [9.17, 15) is 14.9 Å². The molecule has 0 fully saturated rings. The van der Waals surface area contributed by atoms with Gasteiger partial charge in [0.05, 0.1) is 4.92 Å². The molecule has 2 aromatic rings. The van der Waals surface area contributed by atoms with Gasteiger partial charge in [-0.1, -0.05) is 24.3 Å². The van der Waals surface area contributed by atoms with Gasteiger partial charge < -0.3 is 0 Å². The summed E-state index contributed by atoms with van der Waals surface area (Å²) in [5.74, 6) is -0.291. The molecule has 0 spiro atoms. The van der Waals surface area contributed by atoms with Crippen LogP contribution in [-0.2, 0) is 0 Å². The maximum Gasteiger partial charge on any atom is 0.271 e. The van der Waals surface area contributed by atoms with Crippen molar-refractivity contribution in [2.75, 3.05) is 0 Å². The Morgan fingerprint density at radius 2 is 1.77 bits per heavy atom. The number of hydrazone groups is 1. The summed E-state index contributed by atoms with van der Waals surface area (Å²) in [6.45, 7) is 0. The average molecular weight is 295 g/mol. The van der Waals surface area contributed by atoms with Crippen molar-refractivity contribution >= 4 is 23.9 Å². The van der Waals surface area contributed by atoms with Crippen molar-refractivity contribution in [3.8, 4) is 0 Å². The summed E-state index contributed by atoms with van der Waals surface area (Å²) in [5, 5.41) is 14.3. The second kappa shape index (κ2) is 7.49. The highest BCUT2D eigenvalue weighted by Gasteiger charge is 2.02. The highest BCUT2D eigenvalue weighted by atomic mass is 16.6. The van der Waals surface area contributed by atoms with Crippen molar-refractivity contribution in [2.45, 2.75) is 0 Å². The van der Waals surface area contributed by atoms with Crippen LogP contribution in [0.25, 0.3) is 6.08 Å². The van der Waals surface area contributed by atoms with Crippen LogP contribution < -0.4 is 5.43 Å². The zero-order valence-corrected chi connectivity index (χ0v) is 11.5. The van der Waals surface area contributed by atoms with Gasteiger partial charge in [0, 0.05) is 23.9 Å². The van der Waals surface area contributed by atoms with E-state index < -0.39 is 4.92 Å². The summed E-state index contributed by atoms with van der Waals surface area (Å²) >= 11 is 0. The van der Waals surface area contributed by atoms with Crippen molar-refractivity contribution in [2.24, 2.45) is 5.10 Å². The number of nitrogens with one attached hydrogen (secondary N) is 1. The lowest BCUT2D eigenvalue weighted by molar-refractivity contribution is -0.384. The van der Waals surface area contributed by atoms with Gasteiger partial charge in [-0.3, -0.25) is 14.9 Å². The molecule has 2 rings (SSSR count). The van der Waals surface area contributed by atoms with E-state index in [4.69, 9.17) is 0 Å². The number of rotatable bonds is 5. The Bertz CT molecular complexity index is 707. The van der Waals surface area contributed by atoms with Crippen molar-refractivity contribution in [3.63, 3.8) is 0 Å². The van der Waals surface area contributed by atoms with E-state index in [1.807, 2.05) is 6.07 Å². The second-order valence-electron chi connectivity index (χ2n) is 4.29. The minimum atomic E-state index is -0.450. The predicted octanol–water partition coefficient (Wildman–Crippen LogP) is 3.02. The van der Waals surface area contributed by atoms with E-state index in [1.165, 1.54) is 18.3 Å². The van der Waals surface area contributed by atoms with Crippen LogP contribution in [0.2, 0.25) is 0 Å². The molecular formula is C16H13N3O3. The number of nitrogens with zero attached hydrogens (tertiary/aromatic N) is 2. The zero-order valence-electron chi connectivity index (χ0n) is 11.5. The number of amides is 1. The maximum absolute atomic E-state index is 11.7. The van der Waals surface area contributed by atoms with E-state index in [1.54, 1.807) is 48.6 Å². The maximum atomic E-state index is 11.7. The van der Waals surface area contributed by atoms with Crippen LogP contribution in [0.3, 0.4) is 0 Å². The highest BCUT2D eigenvalue weighted by Crippen LogP contribution is 2.12. The summed E-state index contributed by atoms with van der Waals surface area (Å²) in [6.07, 6.45) is 4.79. The summed E-state index contributed by atoms with van der Waals surface area (Å²) in [4.78, 5) is 21.7. The molecule has 0 aliphatic rings. The third-order valence-corrected chi connectivity index (χ3v) is 2.76. The van der Waals surface area contributed by atoms with Gasteiger partial charge in [-0.2, -0.15) is 5.10 Å². The molecule has 0 unspecified atom stereocenters. The van der Waals surface area contributed by atoms with Gasteiger partial charge in [0.25, 0.3) is 11.6 Å². The normalized spacial score (nSPS) is 10.9. The van der Waals surface area contributed by atoms with Crippen molar-refractivity contribution in [1.29, 1.82) is 0 Å². The van der Waals surface area contributed by atoms with Crippen LogP contribution in [0, 0.1) is 10.1 Å². The second-order valence-corrected chi connectivity index (χ2v) is 4.29. The van der Waals surface area contributed by atoms with E-state index in [0.717, 1.165) is 5.56 Å². The van der Waals surface area contributed by atoms with Gasteiger partial charge in [0.2, 0.25) is 0 Å². The number of benzene rings is 2. The van der Waals surface area contributed by atoms with Crippen LogP contribution in [0.5, 0.6) is 0 Å². The summed E-state index contributed by atoms with van der Waals surface area (Å²) in [5.41, 5.74) is 3.77. The van der Waals surface area contributed by atoms with Crippen LogP contribution >= 0.6 is 0 Å². The molecule has 22 heavy (non-hydrogen) atoms. The van der Waals surface area contributed by atoms with E-state index in [0.29, 0.717) is 5.56 Å². The van der Waals surface area contributed by atoms with E-state index in [-0.39, 0.29) is 11.6 Å². The molecule has 2 aromatic carbocycles. The third-order valence-electron chi connectivity index (χ3n) is 2.76. The Morgan fingerprint density at radius 1 is 1.09 bits per heavy atom. The molecule has 0 bridgehead atoms. The minimum absolute atomic E-state index is 0.0425. The Hall–Kier alpha value is -3.28. The van der Waals surface area contributed by atoms with Gasteiger partial charge in [-0.05, 0) is 35.9 Å². The minimum Gasteiger partial charge on any atom is -0.267 e. The lowest BCUT2D eigenvalue weighted by Gasteiger charge is -1.97. The van der Waals surface area contributed by atoms with Crippen LogP contribution in [0.15, 0.2) is 65.8 Å². The van der Waals surface area contributed by atoms with Gasteiger partial charge >= 0.3 is 0 Å². The Balaban J connectivity index is 1.87. The molecular weight excluding hydrogens is 282 g/mol. The number of carbonyl (C=O) groups is 1. The third kappa shape index (κ3) is 4.38. The van der Waals surface area contributed by atoms with Crippen molar-refractivity contribution in [1.82, 2.24) is 5.43 Å². The number of allylic oxidation sites excluding steroid dienone is 1. The van der Waals surface area contributed by atoms with Crippen molar-refractivity contribution < 1.29 is 9.72 Å². The molecule has 6 heteroatoms. The molecule has 110 valence electrons.